The molecule has 1 aliphatic heterocycles. The molecule has 0 saturated carbocycles. The van der Waals surface area contributed by atoms with Crippen molar-refractivity contribution in [3.63, 3.8) is 0 Å². The highest BCUT2D eigenvalue weighted by atomic mass is 127. The van der Waals surface area contributed by atoms with Crippen molar-refractivity contribution in [1.29, 1.82) is 0 Å². The van der Waals surface area contributed by atoms with Crippen molar-refractivity contribution < 1.29 is 33.3 Å². The molecule has 9 nitrogen and oxygen atoms in total. The lowest BCUT2D eigenvalue weighted by Crippen LogP contribution is -2.53. The van der Waals surface area contributed by atoms with Crippen molar-refractivity contribution in [3.05, 3.63) is 50.6 Å². The third-order valence-corrected chi connectivity index (χ3v) is 6.04. The summed E-state index contributed by atoms with van der Waals surface area (Å²) in [5.41, 5.74) is 0.973. The largest absolute Gasteiger partial charge is 0.490 e. The lowest BCUT2D eigenvalue weighted by molar-refractivity contribution is -0.130. The van der Waals surface area contributed by atoms with Gasteiger partial charge in [-0.15, -0.1) is 6.42 Å². The number of carbonyl (C=O) groups is 3. The predicted molar refractivity (Wildman–Crippen MR) is 150 cm³/mol. The maximum atomic E-state index is 13.3. The summed E-state index contributed by atoms with van der Waals surface area (Å²) >= 11 is 2.06. The molecule has 1 saturated heterocycles. The number of imide groups is 2. The molecule has 1 N–H and O–H groups in total. The molecule has 2 aromatic rings. The summed E-state index contributed by atoms with van der Waals surface area (Å²) in [5, 5.41) is 2.25. The molecular formula is C28H29IN2O7. The monoisotopic (exact) mass is 632 g/mol. The summed E-state index contributed by atoms with van der Waals surface area (Å²) in [6, 6.07) is 7.79. The van der Waals surface area contributed by atoms with E-state index < -0.39 is 17.8 Å². The Morgan fingerprint density at radius 3 is 2.39 bits per heavy atom. The molecule has 0 bridgehead atoms. The van der Waals surface area contributed by atoms with Gasteiger partial charge in [0.1, 0.15) is 12.2 Å². The molecule has 0 spiro atoms. The summed E-state index contributed by atoms with van der Waals surface area (Å²) in [6.07, 6.45) is 7.56. The fourth-order valence-corrected chi connectivity index (χ4v) is 4.41. The average Bonchev–Trinajstić information content (AvgIpc) is 2.88. The molecular weight excluding hydrogens is 603 g/mol. The van der Waals surface area contributed by atoms with Crippen molar-refractivity contribution in [2.75, 3.05) is 26.4 Å². The van der Waals surface area contributed by atoms with Crippen LogP contribution in [0.15, 0.2) is 35.9 Å². The topological polar surface area (TPSA) is 103 Å². The number of hydrogen-bond acceptors (Lipinski definition) is 7. The second kappa shape index (κ2) is 13.7. The molecule has 2 aromatic carbocycles. The average molecular weight is 632 g/mol. The van der Waals surface area contributed by atoms with Crippen LogP contribution in [-0.2, 0) is 16.1 Å². The molecule has 1 heterocycles. The Labute approximate surface area is 235 Å². The van der Waals surface area contributed by atoms with E-state index in [1.807, 2.05) is 20.8 Å². The number of rotatable bonds is 12. The fraction of sp³-hybridized carbons (Fsp3) is 0.321. The van der Waals surface area contributed by atoms with Gasteiger partial charge in [0.2, 0.25) is 0 Å². The minimum absolute atomic E-state index is 0.0607. The van der Waals surface area contributed by atoms with Crippen molar-refractivity contribution in [3.8, 4) is 35.3 Å². The van der Waals surface area contributed by atoms with Gasteiger partial charge in [0.25, 0.3) is 11.8 Å². The number of benzene rings is 2. The van der Waals surface area contributed by atoms with Crippen LogP contribution in [0.25, 0.3) is 6.08 Å². The first-order valence-electron chi connectivity index (χ1n) is 12.1. The smallest absolute Gasteiger partial charge is 0.331 e. The number of amides is 4. The molecule has 1 fully saturated rings. The number of terminal acetylenes is 1. The summed E-state index contributed by atoms with van der Waals surface area (Å²) in [4.78, 5) is 39.5. The molecule has 0 aliphatic carbocycles. The van der Waals surface area contributed by atoms with Crippen LogP contribution < -0.4 is 24.3 Å². The van der Waals surface area contributed by atoms with E-state index in [1.54, 1.807) is 30.3 Å². The van der Waals surface area contributed by atoms with Crippen molar-refractivity contribution in [2.45, 2.75) is 33.7 Å². The molecule has 0 unspecified atom stereocenters. The van der Waals surface area contributed by atoms with Crippen molar-refractivity contribution in [1.82, 2.24) is 10.2 Å². The number of ether oxygens (including phenoxy) is 4. The van der Waals surface area contributed by atoms with Gasteiger partial charge in [-0.2, -0.15) is 0 Å². The van der Waals surface area contributed by atoms with Crippen LogP contribution in [0.5, 0.6) is 23.0 Å². The van der Waals surface area contributed by atoms with Gasteiger partial charge >= 0.3 is 6.03 Å². The first-order valence-corrected chi connectivity index (χ1v) is 13.2. The highest BCUT2D eigenvalue weighted by Crippen LogP contribution is 2.35. The SMILES string of the molecule is C#CCOc1c(I)cc(/C=C2\C(=O)NC(=O)N(Cc3ccc(OCCC)c(OCC)c3)C2=O)cc1OCC. The Bertz CT molecular complexity index is 1280. The number of barbiturate groups is 1. The Hall–Kier alpha value is -3.72. The number of nitrogens with zero attached hydrogens (tertiary/aromatic N) is 1. The minimum Gasteiger partial charge on any atom is -0.490 e. The zero-order valence-corrected chi connectivity index (χ0v) is 23.6. The van der Waals surface area contributed by atoms with Gasteiger partial charge < -0.3 is 18.9 Å². The van der Waals surface area contributed by atoms with Crippen LogP contribution in [-0.4, -0.2) is 49.2 Å². The van der Waals surface area contributed by atoms with E-state index in [1.165, 1.54) is 6.08 Å². The first-order chi connectivity index (χ1) is 18.3. The van der Waals surface area contributed by atoms with Gasteiger partial charge in [0, 0.05) is 0 Å². The van der Waals surface area contributed by atoms with E-state index >= 15 is 0 Å². The number of urea groups is 1. The van der Waals surface area contributed by atoms with E-state index in [0.29, 0.717) is 57.5 Å². The predicted octanol–water partition coefficient (Wildman–Crippen LogP) is 4.55. The maximum absolute atomic E-state index is 13.3. The number of nitrogens with one attached hydrogen (secondary N) is 1. The third kappa shape index (κ3) is 6.98. The lowest BCUT2D eigenvalue weighted by atomic mass is 10.1. The molecule has 0 aromatic heterocycles. The molecule has 4 amide bonds. The Kier molecular flexibility index (Phi) is 10.4. The van der Waals surface area contributed by atoms with Crippen LogP contribution in [0.1, 0.15) is 38.3 Å². The second-order valence-corrected chi connectivity index (χ2v) is 9.19. The lowest BCUT2D eigenvalue weighted by Gasteiger charge is -2.26. The standard InChI is InChI=1S/C28H29IN2O7/c1-5-11-37-22-10-9-18(15-23(22)35-7-3)17-31-27(33)20(26(32)30-28(31)34)13-19-14-21(29)25(38-12-6-2)24(16-19)36-8-4/h2,9-10,13-16H,5,7-8,11-12,17H2,1,3-4H3,(H,30,32,34)/b20-13+. The highest BCUT2D eigenvalue weighted by Gasteiger charge is 2.36. The molecule has 200 valence electrons. The molecule has 10 heteroatoms. The Balaban J connectivity index is 1.91. The van der Waals surface area contributed by atoms with Crippen molar-refractivity contribution >= 4 is 46.5 Å². The van der Waals surface area contributed by atoms with E-state index in [2.05, 4.69) is 33.8 Å². The zero-order chi connectivity index (χ0) is 27.7. The van der Waals surface area contributed by atoms with Crippen LogP contribution in [0.4, 0.5) is 4.79 Å². The van der Waals surface area contributed by atoms with Gasteiger partial charge in [-0.05, 0) is 84.3 Å². The van der Waals surface area contributed by atoms with Gasteiger partial charge in [-0.25, -0.2) is 4.79 Å². The van der Waals surface area contributed by atoms with E-state index in [0.717, 1.165) is 11.3 Å². The maximum Gasteiger partial charge on any atom is 0.331 e. The summed E-state index contributed by atoms with van der Waals surface area (Å²) in [6.45, 7) is 7.00. The van der Waals surface area contributed by atoms with E-state index in [4.69, 9.17) is 25.4 Å². The van der Waals surface area contributed by atoms with Crippen LogP contribution in [0, 0.1) is 15.9 Å². The van der Waals surface area contributed by atoms with Crippen molar-refractivity contribution in [2.24, 2.45) is 0 Å². The second-order valence-electron chi connectivity index (χ2n) is 8.03. The number of halogens is 1. The summed E-state index contributed by atoms with van der Waals surface area (Å²) < 4.78 is 23.4. The first kappa shape index (κ1) is 28.8. The Morgan fingerprint density at radius 1 is 0.974 bits per heavy atom. The highest BCUT2D eigenvalue weighted by molar-refractivity contribution is 14.1. The summed E-state index contributed by atoms with van der Waals surface area (Å²) in [7, 11) is 0. The quantitative estimate of drug-likeness (QED) is 0.159. The molecule has 3 rings (SSSR count). The Morgan fingerprint density at radius 2 is 1.71 bits per heavy atom. The minimum atomic E-state index is -0.802. The van der Waals surface area contributed by atoms with Crippen LogP contribution in [0.3, 0.4) is 0 Å². The molecule has 38 heavy (non-hydrogen) atoms. The summed E-state index contributed by atoms with van der Waals surface area (Å²) in [5.74, 6) is 2.90. The number of hydrogen-bond donors (Lipinski definition) is 1. The fourth-order valence-electron chi connectivity index (χ4n) is 3.63. The van der Waals surface area contributed by atoms with Crippen LogP contribution in [0.2, 0.25) is 0 Å². The van der Waals surface area contributed by atoms with Gasteiger partial charge in [0.15, 0.2) is 23.0 Å². The van der Waals surface area contributed by atoms with Gasteiger partial charge in [-0.1, -0.05) is 18.9 Å². The van der Waals surface area contributed by atoms with E-state index in [-0.39, 0.29) is 18.7 Å². The molecule has 0 radical (unpaired) electrons. The van der Waals surface area contributed by atoms with E-state index in [9.17, 15) is 14.4 Å². The third-order valence-electron chi connectivity index (χ3n) is 5.24. The molecule has 1 aliphatic rings. The normalized spacial score (nSPS) is 14.2. The molecule has 0 atom stereocenters. The number of carbonyl (C=O) groups excluding carboxylic acids is 3. The van der Waals surface area contributed by atoms with Gasteiger partial charge in [0.05, 0.1) is 29.9 Å². The zero-order valence-electron chi connectivity index (χ0n) is 21.5. The van der Waals surface area contributed by atoms with Gasteiger partial charge in [-0.3, -0.25) is 19.8 Å². The van der Waals surface area contributed by atoms with Crippen LogP contribution >= 0.6 is 22.6 Å².